The minimum Gasteiger partial charge on any atom is -0.456 e. The Labute approximate surface area is 151 Å². The van der Waals surface area contributed by atoms with E-state index in [2.05, 4.69) is 4.74 Å². The summed E-state index contributed by atoms with van der Waals surface area (Å²) in [6.07, 6.45) is -0.174. The molecule has 6 atom stereocenters. The summed E-state index contributed by atoms with van der Waals surface area (Å²) in [6, 6.07) is 0. The number of hydrogen-bond acceptors (Lipinski definition) is 5. The number of esters is 1. The number of rotatable bonds is 7. The van der Waals surface area contributed by atoms with Crippen molar-refractivity contribution in [3.63, 3.8) is 0 Å². The highest BCUT2D eigenvalue weighted by molar-refractivity contribution is 14.1. The molecule has 5 nitrogen and oxygen atoms in total. The average molecular weight is 456 g/mol. The Morgan fingerprint density at radius 3 is 2.62 bits per heavy atom. The van der Waals surface area contributed by atoms with Crippen molar-refractivity contribution in [2.75, 3.05) is 13.2 Å². The predicted octanol–water partition coefficient (Wildman–Crippen LogP) is 3.54. The standard InChI is InChI=1S/C16H19F2IO5/c1-14(17,18)23-7-10(6-22-13(19)21)24-12(20)16-3-8-2-15(11(8)16)4-9(15)5-16/h8-11H,2-7H2,1H3. The number of carbonyl (C=O) groups is 2. The quantitative estimate of drug-likeness (QED) is 0.333. The highest BCUT2D eigenvalue weighted by Crippen LogP contribution is 2.89. The van der Waals surface area contributed by atoms with Crippen LogP contribution in [0.25, 0.3) is 0 Å². The zero-order valence-corrected chi connectivity index (χ0v) is 15.4. The molecule has 6 unspecified atom stereocenters. The van der Waals surface area contributed by atoms with Crippen LogP contribution in [0.5, 0.6) is 0 Å². The molecule has 24 heavy (non-hydrogen) atoms. The number of hydrogen-bond donors (Lipinski definition) is 0. The molecule has 8 heteroatoms. The van der Waals surface area contributed by atoms with Gasteiger partial charge in [0.2, 0.25) is 0 Å². The Kier molecular flexibility index (Phi) is 3.70. The molecule has 0 radical (unpaired) electrons. The predicted molar refractivity (Wildman–Crippen MR) is 85.6 cm³/mol. The van der Waals surface area contributed by atoms with Gasteiger partial charge in [0.25, 0.3) is 0 Å². The molecule has 4 fully saturated rings. The van der Waals surface area contributed by atoms with Crippen LogP contribution in [0.1, 0.15) is 32.6 Å². The average Bonchev–Trinajstić information content (AvgIpc) is 3.10. The van der Waals surface area contributed by atoms with Crippen molar-refractivity contribution in [2.45, 2.75) is 44.8 Å². The number of carbonyl (C=O) groups excluding carboxylic acids is 2. The first-order chi connectivity index (χ1) is 11.2. The highest BCUT2D eigenvalue weighted by Gasteiger charge is 2.86. The fourth-order valence-corrected chi connectivity index (χ4v) is 5.88. The van der Waals surface area contributed by atoms with Gasteiger partial charge >= 0.3 is 16.1 Å². The molecule has 0 heterocycles. The molecule has 4 saturated carbocycles. The minimum atomic E-state index is -3.33. The normalized spacial score (nSPS) is 42.1. The first kappa shape index (κ1) is 16.9. The maximum absolute atomic E-state index is 12.9. The first-order valence-corrected chi connectivity index (χ1v) is 9.29. The van der Waals surface area contributed by atoms with Gasteiger partial charge < -0.3 is 14.2 Å². The van der Waals surface area contributed by atoms with Crippen molar-refractivity contribution in [1.29, 1.82) is 0 Å². The van der Waals surface area contributed by atoms with E-state index in [-0.39, 0.29) is 12.6 Å². The first-order valence-electron chi connectivity index (χ1n) is 8.21. The Morgan fingerprint density at radius 1 is 1.25 bits per heavy atom. The molecule has 0 saturated heterocycles. The molecule has 0 amide bonds. The van der Waals surface area contributed by atoms with Crippen LogP contribution in [0, 0.1) is 28.6 Å². The van der Waals surface area contributed by atoms with Crippen LogP contribution in [-0.2, 0) is 19.0 Å². The summed E-state index contributed by atoms with van der Waals surface area (Å²) in [5.74, 6) is 1.36. The molecule has 0 aromatic carbocycles. The fourth-order valence-electron chi connectivity index (χ4n) is 5.70. The lowest BCUT2D eigenvalue weighted by atomic mass is 9.41. The van der Waals surface area contributed by atoms with Gasteiger partial charge in [-0.05, 0) is 48.9 Å². The molecule has 0 aromatic rings. The second-order valence-electron chi connectivity index (χ2n) is 7.84. The Hall–Kier alpha value is -0.510. The van der Waals surface area contributed by atoms with Crippen LogP contribution in [0.2, 0.25) is 0 Å². The monoisotopic (exact) mass is 456 g/mol. The van der Waals surface area contributed by atoms with E-state index >= 15 is 0 Å². The SMILES string of the molecule is CC(F)(F)OCC(COC(=O)I)OC(=O)C12CC3CC4(CC4C1)C32. The Morgan fingerprint density at radius 2 is 2.00 bits per heavy atom. The summed E-state index contributed by atoms with van der Waals surface area (Å²) < 4.78 is 39.9. The Bertz CT molecular complexity index is 594. The van der Waals surface area contributed by atoms with Crippen molar-refractivity contribution in [3.05, 3.63) is 0 Å². The van der Waals surface area contributed by atoms with E-state index in [1.165, 1.54) is 35.4 Å². The molecule has 0 aromatic heterocycles. The number of halogens is 3. The van der Waals surface area contributed by atoms with E-state index in [4.69, 9.17) is 9.47 Å². The zero-order valence-electron chi connectivity index (χ0n) is 13.2. The van der Waals surface area contributed by atoms with E-state index < -0.39 is 28.2 Å². The van der Waals surface area contributed by atoms with Gasteiger partial charge in [-0.2, -0.15) is 8.78 Å². The molecule has 0 aliphatic heterocycles. The largest absolute Gasteiger partial charge is 0.456 e. The lowest BCUT2D eigenvalue weighted by molar-refractivity contribution is -0.244. The maximum Gasteiger partial charge on any atom is 0.367 e. The lowest BCUT2D eigenvalue weighted by Gasteiger charge is -2.62. The zero-order chi connectivity index (χ0) is 17.3. The van der Waals surface area contributed by atoms with Crippen molar-refractivity contribution < 1.29 is 32.6 Å². The highest BCUT2D eigenvalue weighted by atomic mass is 127. The van der Waals surface area contributed by atoms with E-state index in [1.807, 2.05) is 0 Å². The van der Waals surface area contributed by atoms with E-state index in [0.29, 0.717) is 30.1 Å². The summed E-state index contributed by atoms with van der Waals surface area (Å²) in [5.41, 5.74) is -0.0355. The van der Waals surface area contributed by atoms with E-state index in [9.17, 15) is 18.4 Å². The molecule has 4 aliphatic carbocycles. The fraction of sp³-hybridized carbons (Fsp3) is 0.875. The Balaban J connectivity index is 1.38. The molecule has 4 rings (SSSR count). The van der Waals surface area contributed by atoms with Crippen LogP contribution < -0.4 is 0 Å². The van der Waals surface area contributed by atoms with Gasteiger partial charge in [-0.3, -0.25) is 4.79 Å². The van der Waals surface area contributed by atoms with Gasteiger partial charge in [0.1, 0.15) is 6.61 Å². The van der Waals surface area contributed by atoms with Crippen molar-refractivity contribution >= 4 is 32.5 Å². The van der Waals surface area contributed by atoms with Crippen LogP contribution in [0.4, 0.5) is 13.6 Å². The molecule has 4 aliphatic rings. The van der Waals surface area contributed by atoms with Crippen molar-refractivity contribution in [3.8, 4) is 0 Å². The van der Waals surface area contributed by atoms with Gasteiger partial charge in [0, 0.05) is 6.92 Å². The van der Waals surface area contributed by atoms with Crippen molar-refractivity contribution in [1.82, 2.24) is 0 Å². The van der Waals surface area contributed by atoms with E-state index in [1.54, 1.807) is 0 Å². The van der Waals surface area contributed by atoms with Crippen LogP contribution in [0.3, 0.4) is 0 Å². The molecule has 0 N–H and O–H groups in total. The van der Waals surface area contributed by atoms with Crippen LogP contribution in [-0.4, -0.2) is 35.4 Å². The second-order valence-corrected chi connectivity index (χ2v) is 8.72. The summed E-state index contributed by atoms with van der Waals surface area (Å²) in [4.78, 5) is 23.7. The number of alkyl halides is 2. The molecule has 0 bridgehead atoms. The van der Waals surface area contributed by atoms with Crippen LogP contribution >= 0.6 is 22.6 Å². The summed E-state index contributed by atoms with van der Waals surface area (Å²) in [5, 5.41) is 0. The van der Waals surface area contributed by atoms with Gasteiger partial charge in [0.05, 0.1) is 34.6 Å². The maximum atomic E-state index is 12.9. The van der Waals surface area contributed by atoms with Gasteiger partial charge in [-0.15, -0.1) is 0 Å². The summed E-state index contributed by atoms with van der Waals surface area (Å²) in [7, 11) is 0. The smallest absolute Gasteiger partial charge is 0.367 e. The van der Waals surface area contributed by atoms with Gasteiger partial charge in [0.15, 0.2) is 6.10 Å². The summed E-state index contributed by atoms with van der Waals surface area (Å²) in [6.45, 7) is -0.158. The van der Waals surface area contributed by atoms with Gasteiger partial charge in [-0.1, -0.05) is 0 Å². The summed E-state index contributed by atoms with van der Waals surface area (Å²) >= 11 is 1.43. The van der Waals surface area contributed by atoms with E-state index in [0.717, 1.165) is 12.8 Å². The molecular formula is C16H19F2IO5. The third-order valence-corrected chi connectivity index (χ3v) is 6.74. The van der Waals surface area contributed by atoms with Crippen molar-refractivity contribution in [2.24, 2.45) is 28.6 Å². The second kappa shape index (κ2) is 5.25. The van der Waals surface area contributed by atoms with Crippen LogP contribution in [0.15, 0.2) is 0 Å². The molecule has 1 spiro atoms. The molecule has 134 valence electrons. The lowest BCUT2D eigenvalue weighted by Crippen LogP contribution is -2.61. The third-order valence-electron chi connectivity index (χ3n) is 6.43. The third kappa shape index (κ3) is 2.47. The number of ether oxygens (including phenoxy) is 3. The molecular weight excluding hydrogens is 437 g/mol. The topological polar surface area (TPSA) is 61.8 Å². The minimum absolute atomic E-state index is 0.275. The van der Waals surface area contributed by atoms with Gasteiger partial charge in [-0.25, -0.2) is 4.79 Å².